The number of rotatable bonds is 2. The van der Waals surface area contributed by atoms with Gasteiger partial charge in [0.1, 0.15) is 11.2 Å². The lowest BCUT2D eigenvalue weighted by Gasteiger charge is -2.44. The number of anilines is 1. The Labute approximate surface area is 162 Å². The van der Waals surface area contributed by atoms with Gasteiger partial charge in [-0.25, -0.2) is 0 Å². The molecule has 2 unspecified atom stereocenters. The molecule has 0 amide bonds. The van der Waals surface area contributed by atoms with Crippen LogP contribution in [0, 0.1) is 21.4 Å². The molecule has 144 valence electrons. The van der Waals surface area contributed by atoms with E-state index in [4.69, 9.17) is 0 Å². The van der Waals surface area contributed by atoms with E-state index in [1.165, 1.54) is 0 Å². The van der Waals surface area contributed by atoms with Gasteiger partial charge in [-0.3, -0.25) is 10.1 Å². The third-order valence-corrected chi connectivity index (χ3v) is 6.58. The van der Waals surface area contributed by atoms with E-state index in [0.29, 0.717) is 6.42 Å². The van der Waals surface area contributed by atoms with Crippen molar-refractivity contribution in [2.45, 2.75) is 62.9 Å². The monoisotopic (exact) mass is 378 g/mol. The summed E-state index contributed by atoms with van der Waals surface area (Å²) in [6, 6.07) is 7.69. The minimum absolute atomic E-state index is 0.0306. The first-order valence-electron chi connectivity index (χ1n) is 10.0. The van der Waals surface area contributed by atoms with Gasteiger partial charge >= 0.3 is 0 Å². The van der Waals surface area contributed by atoms with Crippen LogP contribution in [0.15, 0.2) is 18.2 Å². The van der Waals surface area contributed by atoms with Crippen LogP contribution in [-0.4, -0.2) is 32.3 Å². The average Bonchev–Trinajstić information content (AvgIpc) is 3.29. The van der Waals surface area contributed by atoms with Gasteiger partial charge in [-0.2, -0.15) is 5.26 Å². The molecule has 0 spiro atoms. The van der Waals surface area contributed by atoms with Crippen LogP contribution in [0.4, 0.5) is 11.4 Å². The number of fused-ring (bicyclic) bond motifs is 4. The minimum atomic E-state index is -0.825. The lowest BCUT2D eigenvalue weighted by atomic mass is 9.71. The SMILES string of the molecule is N#CC1(c2nnc3n2CCCCC3)Cc2cc([N+](=O)[O-])ccc2N2CCCC21. The highest BCUT2D eigenvalue weighted by Gasteiger charge is 2.53. The topological polar surface area (TPSA) is 101 Å². The number of benzene rings is 1. The summed E-state index contributed by atoms with van der Waals surface area (Å²) in [4.78, 5) is 13.2. The zero-order valence-electron chi connectivity index (χ0n) is 15.7. The van der Waals surface area contributed by atoms with E-state index in [2.05, 4.69) is 25.7 Å². The Morgan fingerprint density at radius 3 is 2.93 bits per heavy atom. The molecule has 3 aliphatic heterocycles. The highest BCUT2D eigenvalue weighted by Crippen LogP contribution is 2.47. The fraction of sp³-hybridized carbons (Fsp3) is 0.550. The first-order valence-corrected chi connectivity index (χ1v) is 10.0. The van der Waals surface area contributed by atoms with Gasteiger partial charge < -0.3 is 9.47 Å². The summed E-state index contributed by atoms with van der Waals surface area (Å²) in [6.07, 6.45) is 6.59. The fourth-order valence-corrected chi connectivity index (χ4v) is 5.30. The molecule has 0 saturated carbocycles. The predicted molar refractivity (Wildman–Crippen MR) is 102 cm³/mol. The molecule has 0 N–H and O–H groups in total. The number of non-ortho nitro benzene ring substituents is 1. The summed E-state index contributed by atoms with van der Waals surface area (Å²) in [5, 5.41) is 30.7. The van der Waals surface area contributed by atoms with Crippen LogP contribution < -0.4 is 4.90 Å². The van der Waals surface area contributed by atoms with Crippen LogP contribution in [0.5, 0.6) is 0 Å². The molecule has 0 radical (unpaired) electrons. The van der Waals surface area contributed by atoms with E-state index >= 15 is 0 Å². The van der Waals surface area contributed by atoms with E-state index < -0.39 is 5.41 Å². The molecule has 1 aromatic carbocycles. The lowest BCUT2D eigenvalue weighted by molar-refractivity contribution is -0.384. The molecule has 2 atom stereocenters. The van der Waals surface area contributed by atoms with Crippen molar-refractivity contribution in [2.75, 3.05) is 11.4 Å². The van der Waals surface area contributed by atoms with Crippen molar-refractivity contribution in [1.29, 1.82) is 5.26 Å². The van der Waals surface area contributed by atoms with Gasteiger partial charge in [-0.1, -0.05) is 6.42 Å². The lowest BCUT2D eigenvalue weighted by Crippen LogP contribution is -2.53. The van der Waals surface area contributed by atoms with Crippen LogP contribution in [0.2, 0.25) is 0 Å². The van der Waals surface area contributed by atoms with Gasteiger partial charge in [-0.15, -0.1) is 10.2 Å². The van der Waals surface area contributed by atoms with E-state index in [9.17, 15) is 15.4 Å². The molecule has 2 aromatic rings. The standard InChI is InChI=1S/C20H22N6O2/c21-13-20(19-23-22-18-6-2-1-3-9-25(18)19)12-14-11-15(26(27)28)7-8-16(14)24-10-4-5-17(20)24/h7-8,11,17H,1-6,9-10,12H2. The van der Waals surface area contributed by atoms with E-state index in [1.54, 1.807) is 12.1 Å². The second-order valence-electron chi connectivity index (χ2n) is 8.08. The molecular formula is C20H22N6O2. The Balaban J connectivity index is 1.68. The van der Waals surface area contributed by atoms with Crippen LogP contribution in [-0.2, 0) is 24.8 Å². The number of nitro groups is 1. The minimum Gasteiger partial charge on any atom is -0.366 e. The predicted octanol–water partition coefficient (Wildman–Crippen LogP) is 2.90. The molecule has 0 aliphatic carbocycles. The van der Waals surface area contributed by atoms with Crippen molar-refractivity contribution in [1.82, 2.24) is 14.8 Å². The van der Waals surface area contributed by atoms with Crippen molar-refractivity contribution >= 4 is 11.4 Å². The second-order valence-corrected chi connectivity index (χ2v) is 8.08. The summed E-state index contributed by atoms with van der Waals surface area (Å²) in [7, 11) is 0. The van der Waals surface area contributed by atoms with Crippen molar-refractivity contribution in [3.8, 4) is 6.07 Å². The van der Waals surface area contributed by atoms with Crippen LogP contribution in [0.25, 0.3) is 0 Å². The molecule has 4 heterocycles. The molecule has 1 fully saturated rings. The number of nitro benzene ring substituents is 1. The maximum atomic E-state index is 11.3. The molecule has 8 nitrogen and oxygen atoms in total. The molecule has 8 heteroatoms. The third kappa shape index (κ3) is 2.35. The maximum Gasteiger partial charge on any atom is 0.269 e. The molecule has 5 rings (SSSR count). The summed E-state index contributed by atoms with van der Waals surface area (Å²) in [5.41, 5.74) is 1.13. The zero-order valence-corrected chi connectivity index (χ0v) is 15.7. The van der Waals surface area contributed by atoms with Crippen LogP contribution >= 0.6 is 0 Å². The first-order chi connectivity index (χ1) is 13.6. The number of nitriles is 1. The van der Waals surface area contributed by atoms with Crippen molar-refractivity contribution in [3.63, 3.8) is 0 Å². The van der Waals surface area contributed by atoms with Crippen molar-refractivity contribution in [2.24, 2.45) is 0 Å². The Morgan fingerprint density at radius 1 is 1.21 bits per heavy atom. The number of nitrogens with zero attached hydrogens (tertiary/aromatic N) is 6. The Morgan fingerprint density at radius 2 is 2.11 bits per heavy atom. The van der Waals surface area contributed by atoms with Crippen molar-refractivity contribution in [3.05, 3.63) is 45.5 Å². The fourth-order valence-electron chi connectivity index (χ4n) is 5.30. The maximum absolute atomic E-state index is 11.3. The number of aromatic nitrogens is 3. The van der Waals surface area contributed by atoms with E-state index in [1.807, 2.05) is 6.07 Å². The van der Waals surface area contributed by atoms with Crippen LogP contribution in [0.1, 0.15) is 49.3 Å². The molecule has 1 aromatic heterocycles. The number of hydrogen-bond acceptors (Lipinski definition) is 6. The quantitative estimate of drug-likeness (QED) is 0.588. The molecule has 0 bridgehead atoms. The molecular weight excluding hydrogens is 356 g/mol. The van der Waals surface area contributed by atoms with Gasteiger partial charge in [0.15, 0.2) is 5.82 Å². The van der Waals surface area contributed by atoms with E-state index in [-0.39, 0.29) is 16.7 Å². The summed E-state index contributed by atoms with van der Waals surface area (Å²) < 4.78 is 2.16. The normalized spacial score (nSPS) is 26.0. The number of hydrogen-bond donors (Lipinski definition) is 0. The Kier molecular flexibility index (Phi) is 3.86. The van der Waals surface area contributed by atoms with Gasteiger partial charge in [0, 0.05) is 43.8 Å². The van der Waals surface area contributed by atoms with Gasteiger partial charge in [0.25, 0.3) is 5.69 Å². The highest BCUT2D eigenvalue weighted by molar-refractivity contribution is 5.64. The smallest absolute Gasteiger partial charge is 0.269 e. The summed E-state index contributed by atoms with van der Waals surface area (Å²) >= 11 is 0. The average molecular weight is 378 g/mol. The second kappa shape index (κ2) is 6.30. The van der Waals surface area contributed by atoms with Gasteiger partial charge in [-0.05, 0) is 37.3 Å². The molecule has 3 aliphatic rings. The summed E-state index contributed by atoms with van der Waals surface area (Å²) in [5.74, 6) is 1.72. The van der Waals surface area contributed by atoms with Crippen molar-refractivity contribution < 1.29 is 4.92 Å². The first kappa shape index (κ1) is 17.2. The zero-order chi connectivity index (χ0) is 19.3. The molecule has 1 saturated heterocycles. The molecule has 28 heavy (non-hydrogen) atoms. The third-order valence-electron chi connectivity index (χ3n) is 6.58. The largest absolute Gasteiger partial charge is 0.366 e. The van der Waals surface area contributed by atoms with Crippen LogP contribution in [0.3, 0.4) is 0 Å². The van der Waals surface area contributed by atoms with E-state index in [0.717, 1.165) is 74.5 Å². The number of aryl methyl sites for hydroxylation is 1. The Bertz CT molecular complexity index is 993. The highest BCUT2D eigenvalue weighted by atomic mass is 16.6. The van der Waals surface area contributed by atoms with Gasteiger partial charge in [0.2, 0.25) is 0 Å². The van der Waals surface area contributed by atoms with Gasteiger partial charge in [0.05, 0.1) is 17.0 Å². The summed E-state index contributed by atoms with van der Waals surface area (Å²) in [6.45, 7) is 1.70. The Hall–Kier alpha value is -2.95.